The summed E-state index contributed by atoms with van der Waals surface area (Å²) in [4.78, 5) is 0. The minimum Gasteiger partial charge on any atom is -0.508 e. The minimum atomic E-state index is 0.314. The van der Waals surface area contributed by atoms with E-state index < -0.39 is 0 Å². The molecule has 0 aliphatic rings. The van der Waals surface area contributed by atoms with Gasteiger partial charge in [-0.25, -0.2) is 0 Å². The van der Waals surface area contributed by atoms with E-state index in [9.17, 15) is 10.2 Å². The molecular weight excluding hydrogens is 320 g/mol. The Labute approximate surface area is 155 Å². The summed E-state index contributed by atoms with van der Waals surface area (Å²) in [5.41, 5.74) is 3.87. The highest BCUT2D eigenvalue weighted by Gasteiger charge is 2.13. The zero-order chi connectivity index (χ0) is 18.2. The summed E-state index contributed by atoms with van der Waals surface area (Å²) < 4.78 is 0. The predicted octanol–water partition coefficient (Wildman–Crippen LogP) is 6.03. The number of unbranched alkanes of at least 4 members (excludes halogenated alkanes) is 2. The molecule has 26 heavy (non-hydrogen) atoms. The average molecular weight is 346 g/mol. The van der Waals surface area contributed by atoms with E-state index in [1.165, 1.54) is 29.5 Å². The molecule has 0 aliphatic heterocycles. The van der Waals surface area contributed by atoms with Crippen LogP contribution in [0.2, 0.25) is 0 Å². The highest BCUT2D eigenvalue weighted by atomic mass is 16.3. The number of rotatable bonds is 8. The monoisotopic (exact) mass is 346 g/mol. The first-order valence-electron chi connectivity index (χ1n) is 9.34. The zero-order valence-corrected chi connectivity index (χ0v) is 15.0. The van der Waals surface area contributed by atoms with Crippen LogP contribution in [0.3, 0.4) is 0 Å². The lowest BCUT2D eigenvalue weighted by Gasteiger charge is -2.18. The molecule has 2 heteroatoms. The lowest BCUT2D eigenvalue weighted by atomic mass is 9.86. The van der Waals surface area contributed by atoms with Crippen molar-refractivity contribution < 1.29 is 10.2 Å². The van der Waals surface area contributed by atoms with Gasteiger partial charge in [0.15, 0.2) is 0 Å². The van der Waals surface area contributed by atoms with Crippen LogP contribution in [0.4, 0.5) is 0 Å². The van der Waals surface area contributed by atoms with Gasteiger partial charge in [-0.2, -0.15) is 0 Å². The molecule has 0 aliphatic carbocycles. The smallest absolute Gasteiger partial charge is 0.115 e. The molecule has 134 valence electrons. The molecule has 3 aromatic carbocycles. The second-order valence-corrected chi connectivity index (χ2v) is 6.82. The van der Waals surface area contributed by atoms with Crippen LogP contribution in [0.1, 0.15) is 48.3 Å². The highest BCUT2D eigenvalue weighted by Crippen LogP contribution is 2.31. The second kappa shape index (κ2) is 9.10. The number of phenols is 2. The Hall–Kier alpha value is -2.74. The molecule has 0 heterocycles. The van der Waals surface area contributed by atoms with Crippen molar-refractivity contribution in [1.82, 2.24) is 0 Å². The molecule has 1 unspecified atom stereocenters. The summed E-state index contributed by atoms with van der Waals surface area (Å²) in [7, 11) is 0. The van der Waals surface area contributed by atoms with Crippen LogP contribution in [0.15, 0.2) is 78.9 Å². The Morgan fingerprint density at radius 1 is 0.577 bits per heavy atom. The van der Waals surface area contributed by atoms with E-state index in [0.717, 1.165) is 19.3 Å². The standard InChI is InChI=1S/C24H26O2/c25-22-15-11-19(12-16-22)7-3-1-6-10-24(20-8-4-2-5-9-20)21-13-17-23(26)18-14-21/h2,4-5,8-9,11-18,24-26H,1,3,6-7,10H2. The van der Waals surface area contributed by atoms with Crippen LogP contribution < -0.4 is 0 Å². The fourth-order valence-corrected chi connectivity index (χ4v) is 3.43. The molecule has 0 spiro atoms. The lowest BCUT2D eigenvalue weighted by molar-refractivity contribution is 0.474. The molecule has 0 radical (unpaired) electrons. The third-order valence-electron chi connectivity index (χ3n) is 4.89. The third kappa shape index (κ3) is 5.13. The minimum absolute atomic E-state index is 0.314. The fourth-order valence-electron chi connectivity index (χ4n) is 3.43. The number of benzene rings is 3. The van der Waals surface area contributed by atoms with Gasteiger partial charge in [-0.3, -0.25) is 0 Å². The average Bonchev–Trinajstić information content (AvgIpc) is 2.68. The van der Waals surface area contributed by atoms with E-state index in [0.29, 0.717) is 17.4 Å². The van der Waals surface area contributed by atoms with Crippen LogP contribution in [-0.2, 0) is 6.42 Å². The number of aromatic hydroxyl groups is 2. The van der Waals surface area contributed by atoms with Gasteiger partial charge in [-0.15, -0.1) is 0 Å². The molecule has 3 rings (SSSR count). The Morgan fingerprint density at radius 2 is 1.15 bits per heavy atom. The molecule has 0 aromatic heterocycles. The molecular formula is C24H26O2. The number of aryl methyl sites for hydroxylation is 1. The van der Waals surface area contributed by atoms with Crippen molar-refractivity contribution in [3.63, 3.8) is 0 Å². The maximum atomic E-state index is 9.56. The van der Waals surface area contributed by atoms with E-state index in [1.807, 2.05) is 24.3 Å². The van der Waals surface area contributed by atoms with E-state index >= 15 is 0 Å². The normalized spacial score (nSPS) is 12.0. The molecule has 3 aromatic rings. The number of hydrogen-bond donors (Lipinski definition) is 2. The molecule has 1 atom stereocenters. The van der Waals surface area contributed by atoms with Crippen LogP contribution in [-0.4, -0.2) is 10.2 Å². The first-order valence-corrected chi connectivity index (χ1v) is 9.34. The van der Waals surface area contributed by atoms with Crippen molar-refractivity contribution in [3.05, 3.63) is 95.6 Å². The summed E-state index contributed by atoms with van der Waals surface area (Å²) in [6, 6.07) is 25.7. The van der Waals surface area contributed by atoms with Crippen molar-refractivity contribution in [2.24, 2.45) is 0 Å². The Kier molecular flexibility index (Phi) is 6.32. The first-order chi connectivity index (χ1) is 12.7. The first kappa shape index (κ1) is 18.1. The highest BCUT2D eigenvalue weighted by molar-refractivity contribution is 5.35. The Bertz CT molecular complexity index is 777. The summed E-state index contributed by atoms with van der Waals surface area (Å²) >= 11 is 0. The summed E-state index contributed by atoms with van der Waals surface area (Å²) in [5.74, 6) is 1.01. The quantitative estimate of drug-likeness (QED) is 0.489. The SMILES string of the molecule is Oc1ccc(CCCCCC(c2ccccc2)c2ccc(O)cc2)cc1. The van der Waals surface area contributed by atoms with Crippen LogP contribution in [0.5, 0.6) is 11.5 Å². The number of hydrogen-bond acceptors (Lipinski definition) is 2. The van der Waals surface area contributed by atoms with E-state index in [2.05, 4.69) is 30.3 Å². The number of phenolic OH excluding ortho intramolecular Hbond substituents is 2. The van der Waals surface area contributed by atoms with Crippen molar-refractivity contribution in [3.8, 4) is 11.5 Å². The van der Waals surface area contributed by atoms with E-state index in [4.69, 9.17) is 0 Å². The van der Waals surface area contributed by atoms with Crippen LogP contribution >= 0.6 is 0 Å². The van der Waals surface area contributed by atoms with E-state index in [1.54, 1.807) is 24.3 Å². The Balaban J connectivity index is 1.56. The summed E-state index contributed by atoms with van der Waals surface area (Å²) in [6.07, 6.45) is 5.66. The predicted molar refractivity (Wildman–Crippen MR) is 107 cm³/mol. The summed E-state index contributed by atoms with van der Waals surface area (Å²) in [6.45, 7) is 0. The zero-order valence-electron chi connectivity index (χ0n) is 15.0. The van der Waals surface area contributed by atoms with Crippen LogP contribution in [0, 0.1) is 0 Å². The maximum Gasteiger partial charge on any atom is 0.115 e. The van der Waals surface area contributed by atoms with Crippen molar-refractivity contribution >= 4 is 0 Å². The molecule has 2 nitrogen and oxygen atoms in total. The maximum absolute atomic E-state index is 9.56. The molecule has 0 fully saturated rings. The molecule has 0 saturated carbocycles. The van der Waals surface area contributed by atoms with Gasteiger partial charge >= 0.3 is 0 Å². The molecule has 0 bridgehead atoms. The van der Waals surface area contributed by atoms with Gasteiger partial charge in [-0.05, 0) is 60.2 Å². The van der Waals surface area contributed by atoms with Crippen molar-refractivity contribution in [1.29, 1.82) is 0 Å². The van der Waals surface area contributed by atoms with Gasteiger partial charge in [0.2, 0.25) is 0 Å². The van der Waals surface area contributed by atoms with Gasteiger partial charge in [0.1, 0.15) is 11.5 Å². The van der Waals surface area contributed by atoms with Gasteiger partial charge in [-0.1, -0.05) is 67.4 Å². The van der Waals surface area contributed by atoms with E-state index in [-0.39, 0.29) is 0 Å². The van der Waals surface area contributed by atoms with Crippen molar-refractivity contribution in [2.45, 2.75) is 38.0 Å². The van der Waals surface area contributed by atoms with Gasteiger partial charge in [0.25, 0.3) is 0 Å². The lowest BCUT2D eigenvalue weighted by Crippen LogP contribution is -2.01. The van der Waals surface area contributed by atoms with Gasteiger partial charge < -0.3 is 10.2 Å². The largest absolute Gasteiger partial charge is 0.508 e. The molecule has 2 N–H and O–H groups in total. The van der Waals surface area contributed by atoms with Gasteiger partial charge in [0.05, 0.1) is 0 Å². The van der Waals surface area contributed by atoms with Gasteiger partial charge in [0, 0.05) is 5.92 Å². The topological polar surface area (TPSA) is 40.5 Å². The second-order valence-electron chi connectivity index (χ2n) is 6.82. The fraction of sp³-hybridized carbons (Fsp3) is 0.250. The Morgan fingerprint density at radius 3 is 1.81 bits per heavy atom. The van der Waals surface area contributed by atoms with Crippen LogP contribution in [0.25, 0.3) is 0 Å². The third-order valence-corrected chi connectivity index (χ3v) is 4.89. The molecule has 0 amide bonds. The molecule has 0 saturated heterocycles. The summed E-state index contributed by atoms with van der Waals surface area (Å²) in [5, 5.41) is 18.9. The van der Waals surface area contributed by atoms with Crippen molar-refractivity contribution in [2.75, 3.05) is 0 Å².